The van der Waals surface area contributed by atoms with Crippen LogP contribution in [-0.2, 0) is 10.9 Å². The van der Waals surface area contributed by atoms with Gasteiger partial charge in [-0.05, 0) is 58.9 Å². The second-order valence-corrected chi connectivity index (χ2v) is 11.6. The average molecular weight is 563 g/mol. The van der Waals surface area contributed by atoms with Gasteiger partial charge in [0.1, 0.15) is 23.5 Å². The fraction of sp³-hybridized carbons (Fsp3) is 0.481. The summed E-state index contributed by atoms with van der Waals surface area (Å²) in [4.78, 5) is 24.4. The molecule has 1 aromatic carbocycles. The number of anilines is 1. The van der Waals surface area contributed by atoms with E-state index in [1.807, 2.05) is 25.7 Å². The van der Waals surface area contributed by atoms with Gasteiger partial charge < -0.3 is 19.3 Å². The van der Waals surface area contributed by atoms with Gasteiger partial charge >= 0.3 is 12.3 Å². The number of alkyl halides is 3. The molecule has 1 spiro atoms. The molecule has 2 saturated heterocycles. The van der Waals surface area contributed by atoms with Gasteiger partial charge in [-0.1, -0.05) is 0 Å². The summed E-state index contributed by atoms with van der Waals surface area (Å²) in [5.74, 6) is 0.240. The Morgan fingerprint density at radius 2 is 1.75 bits per heavy atom. The number of likely N-dealkylation sites (tertiary alicyclic amines) is 1. The minimum absolute atomic E-state index is 0.0647. The maximum Gasteiger partial charge on any atom is 0.435 e. The maximum absolute atomic E-state index is 14.3. The van der Waals surface area contributed by atoms with Gasteiger partial charge in [-0.25, -0.2) is 19.2 Å². The number of aromatic nitrogens is 4. The number of amides is 1. The zero-order chi connectivity index (χ0) is 29.0. The summed E-state index contributed by atoms with van der Waals surface area (Å²) in [6.45, 7) is 11.2. The monoisotopic (exact) mass is 562 g/mol. The normalized spacial score (nSPS) is 16.6. The molecule has 0 aliphatic carbocycles. The highest BCUT2D eigenvalue weighted by Gasteiger charge is 2.54. The van der Waals surface area contributed by atoms with E-state index in [0.717, 1.165) is 12.1 Å². The highest BCUT2D eigenvalue weighted by molar-refractivity contribution is 5.71. The predicted octanol–water partition coefficient (Wildman–Crippen LogP) is 5.93. The molecule has 0 bridgehead atoms. The van der Waals surface area contributed by atoms with Crippen LogP contribution in [0.1, 0.15) is 46.4 Å². The van der Waals surface area contributed by atoms with Gasteiger partial charge in [-0.2, -0.15) is 18.3 Å². The van der Waals surface area contributed by atoms with Crippen LogP contribution in [0.4, 0.5) is 28.2 Å². The van der Waals surface area contributed by atoms with Crippen LogP contribution in [0.2, 0.25) is 0 Å². The topological polar surface area (TPSA) is 85.6 Å². The summed E-state index contributed by atoms with van der Waals surface area (Å²) in [6, 6.07) is 4.09. The fourth-order valence-corrected chi connectivity index (χ4v) is 4.99. The van der Waals surface area contributed by atoms with E-state index >= 15 is 0 Å². The van der Waals surface area contributed by atoms with E-state index in [1.165, 1.54) is 29.3 Å². The average Bonchev–Trinajstić information content (AvgIpc) is 3.24. The fourth-order valence-electron chi connectivity index (χ4n) is 4.99. The summed E-state index contributed by atoms with van der Waals surface area (Å²) in [6.07, 6.45) is -2.19. The van der Waals surface area contributed by atoms with Gasteiger partial charge in [0.2, 0.25) is 0 Å². The molecule has 9 nitrogen and oxygen atoms in total. The van der Waals surface area contributed by atoms with Crippen LogP contribution in [0.3, 0.4) is 0 Å². The van der Waals surface area contributed by atoms with Crippen molar-refractivity contribution >= 4 is 11.9 Å². The summed E-state index contributed by atoms with van der Waals surface area (Å²) >= 11 is 0. The van der Waals surface area contributed by atoms with Crippen molar-refractivity contribution in [2.45, 2.75) is 52.4 Å². The number of hydrogen-bond donors (Lipinski definition) is 0. The van der Waals surface area contributed by atoms with Gasteiger partial charge in [-0.15, -0.1) is 0 Å². The van der Waals surface area contributed by atoms with Crippen LogP contribution < -0.4 is 9.64 Å². The third-order valence-corrected chi connectivity index (χ3v) is 6.67. The molecule has 5 rings (SSSR count). The van der Waals surface area contributed by atoms with E-state index in [9.17, 15) is 22.4 Å². The lowest BCUT2D eigenvalue weighted by Crippen LogP contribution is -2.73. The number of benzene rings is 1. The van der Waals surface area contributed by atoms with E-state index < -0.39 is 29.3 Å². The van der Waals surface area contributed by atoms with Gasteiger partial charge in [0, 0.05) is 43.2 Å². The molecule has 0 N–H and O–H groups in total. The molecule has 2 aromatic heterocycles. The molecule has 2 aliphatic heterocycles. The van der Waals surface area contributed by atoms with E-state index in [1.54, 1.807) is 18.7 Å². The number of rotatable bonds is 5. The molecule has 0 saturated carbocycles. The molecule has 2 fully saturated rings. The third-order valence-electron chi connectivity index (χ3n) is 6.67. The highest BCUT2D eigenvalue weighted by Crippen LogP contribution is 2.45. The Morgan fingerprint density at radius 1 is 1.05 bits per heavy atom. The van der Waals surface area contributed by atoms with Gasteiger partial charge in [0.05, 0.1) is 11.9 Å². The standard InChI is InChI=1S/C27H30F4N6O3/c1-16(2)37-19(9-22(34-37)27(29,30)31)18-8-17(28)6-7-20(18)39-21-10-32-15-33-23(21)35-11-26(12-35)13-36(14-26)24(38)40-25(3,4)5/h6-10,15-16H,11-14H2,1-5H3. The Hall–Kier alpha value is -3.90. The number of halogens is 4. The molecular formula is C27H30F4N6O3. The van der Waals surface area contributed by atoms with Gasteiger partial charge in [0.15, 0.2) is 17.3 Å². The maximum atomic E-state index is 14.3. The number of carbonyl (C=O) groups is 1. The van der Waals surface area contributed by atoms with Crippen LogP contribution in [-0.4, -0.2) is 62.5 Å². The summed E-state index contributed by atoms with van der Waals surface area (Å²) < 4.78 is 67.6. The quantitative estimate of drug-likeness (QED) is 0.357. The van der Waals surface area contributed by atoms with Crippen molar-refractivity contribution in [3.05, 3.63) is 48.3 Å². The predicted molar refractivity (Wildman–Crippen MR) is 138 cm³/mol. The first-order valence-electron chi connectivity index (χ1n) is 12.8. The molecule has 0 atom stereocenters. The van der Waals surface area contributed by atoms with Crippen molar-refractivity contribution < 1.29 is 31.8 Å². The van der Waals surface area contributed by atoms with E-state index in [0.29, 0.717) is 32.0 Å². The van der Waals surface area contributed by atoms with Crippen molar-refractivity contribution in [2.24, 2.45) is 5.41 Å². The molecule has 40 heavy (non-hydrogen) atoms. The number of nitrogens with zero attached hydrogens (tertiary/aromatic N) is 6. The Morgan fingerprint density at radius 3 is 2.38 bits per heavy atom. The summed E-state index contributed by atoms with van der Waals surface area (Å²) in [7, 11) is 0. The molecule has 4 heterocycles. The zero-order valence-electron chi connectivity index (χ0n) is 22.8. The molecule has 3 aromatic rings. The first kappa shape index (κ1) is 27.7. The summed E-state index contributed by atoms with van der Waals surface area (Å²) in [5, 5.41) is 3.72. The molecule has 214 valence electrons. The van der Waals surface area contributed by atoms with Crippen LogP contribution in [0.15, 0.2) is 36.8 Å². The number of ether oxygens (including phenoxy) is 2. The molecule has 0 unspecified atom stereocenters. The van der Waals surface area contributed by atoms with E-state index in [2.05, 4.69) is 15.1 Å². The van der Waals surface area contributed by atoms with Crippen molar-refractivity contribution in [2.75, 3.05) is 31.1 Å². The Balaban J connectivity index is 1.37. The van der Waals surface area contributed by atoms with Gasteiger partial charge in [-0.3, -0.25) is 4.68 Å². The van der Waals surface area contributed by atoms with Crippen molar-refractivity contribution in [3.63, 3.8) is 0 Å². The lowest BCUT2D eigenvalue weighted by molar-refractivity contribution is -0.141. The first-order valence-corrected chi connectivity index (χ1v) is 12.8. The Kier molecular flexibility index (Phi) is 6.66. The molecule has 0 radical (unpaired) electrons. The number of hydrogen-bond acceptors (Lipinski definition) is 7. The molecular weight excluding hydrogens is 532 g/mol. The summed E-state index contributed by atoms with van der Waals surface area (Å²) in [5.41, 5.74) is -1.56. The van der Waals surface area contributed by atoms with Crippen molar-refractivity contribution in [1.82, 2.24) is 24.6 Å². The van der Waals surface area contributed by atoms with Crippen LogP contribution in [0.25, 0.3) is 11.3 Å². The SMILES string of the molecule is CC(C)n1nc(C(F)(F)F)cc1-c1cc(F)ccc1Oc1cncnc1N1CC2(CN(C(=O)OC(C)(C)C)C2)C1. The van der Waals surface area contributed by atoms with Crippen LogP contribution in [0, 0.1) is 11.2 Å². The molecule has 1 amide bonds. The third kappa shape index (κ3) is 5.41. The van der Waals surface area contributed by atoms with Gasteiger partial charge in [0.25, 0.3) is 0 Å². The van der Waals surface area contributed by atoms with Crippen LogP contribution in [0.5, 0.6) is 11.5 Å². The smallest absolute Gasteiger partial charge is 0.435 e. The number of carbonyl (C=O) groups excluding carboxylic acids is 1. The Labute approximate surface area is 228 Å². The lowest BCUT2D eigenvalue weighted by Gasteiger charge is -2.60. The highest BCUT2D eigenvalue weighted by atomic mass is 19.4. The first-order chi connectivity index (χ1) is 18.6. The Bertz CT molecular complexity index is 1420. The van der Waals surface area contributed by atoms with E-state index in [4.69, 9.17) is 9.47 Å². The van der Waals surface area contributed by atoms with Crippen molar-refractivity contribution in [3.8, 4) is 22.8 Å². The zero-order valence-corrected chi connectivity index (χ0v) is 22.8. The second-order valence-electron chi connectivity index (χ2n) is 11.6. The lowest BCUT2D eigenvalue weighted by atomic mass is 9.73. The van der Waals surface area contributed by atoms with Crippen LogP contribution >= 0.6 is 0 Å². The van der Waals surface area contributed by atoms with E-state index in [-0.39, 0.29) is 34.3 Å². The minimum atomic E-state index is -4.67. The molecule has 13 heteroatoms. The molecule has 2 aliphatic rings. The van der Waals surface area contributed by atoms with Crippen molar-refractivity contribution in [1.29, 1.82) is 0 Å². The largest absolute Gasteiger partial charge is 0.451 e. The minimum Gasteiger partial charge on any atom is -0.451 e. The second kappa shape index (κ2) is 9.63.